The van der Waals surface area contributed by atoms with Crippen LogP contribution >= 0.6 is 0 Å². The number of aromatic carboxylic acids is 1. The summed E-state index contributed by atoms with van der Waals surface area (Å²) in [5.74, 6) is -3.17. The SMILES string of the molecule is NC(Cc1c(OCc2ccccc2)noc1C(=O)O)C(=O)O. The van der Waals surface area contributed by atoms with E-state index in [2.05, 4.69) is 5.16 Å². The third kappa shape index (κ3) is 3.61. The van der Waals surface area contributed by atoms with Gasteiger partial charge in [0.15, 0.2) is 0 Å². The molecule has 0 fully saturated rings. The van der Waals surface area contributed by atoms with Crippen LogP contribution in [0, 0.1) is 0 Å². The summed E-state index contributed by atoms with van der Waals surface area (Å²) in [6, 6.07) is 7.86. The van der Waals surface area contributed by atoms with E-state index in [1.165, 1.54) is 0 Å². The van der Waals surface area contributed by atoms with Crippen LogP contribution in [0.3, 0.4) is 0 Å². The molecule has 116 valence electrons. The summed E-state index contributed by atoms with van der Waals surface area (Å²) in [6.07, 6.45) is -0.259. The number of ether oxygens (including phenoxy) is 1. The van der Waals surface area contributed by atoms with E-state index < -0.39 is 23.7 Å². The lowest BCUT2D eigenvalue weighted by atomic mass is 10.1. The first-order valence-corrected chi connectivity index (χ1v) is 6.36. The lowest BCUT2D eigenvalue weighted by Gasteiger charge is -2.08. The average molecular weight is 306 g/mol. The topological polar surface area (TPSA) is 136 Å². The van der Waals surface area contributed by atoms with Crippen molar-refractivity contribution in [2.45, 2.75) is 19.1 Å². The zero-order chi connectivity index (χ0) is 16.1. The minimum atomic E-state index is -1.37. The fraction of sp³-hybridized carbons (Fsp3) is 0.214. The van der Waals surface area contributed by atoms with Gasteiger partial charge in [0.05, 0.1) is 5.56 Å². The maximum absolute atomic E-state index is 11.1. The standard InChI is InChI=1S/C14H14N2O6/c15-10(13(17)18)6-9-11(14(19)20)22-16-12(9)21-7-8-4-2-1-3-5-8/h1-5,10H,6-7,15H2,(H,17,18)(H,19,20). The number of carboxylic acids is 2. The molecule has 2 rings (SSSR count). The number of hydrogen-bond donors (Lipinski definition) is 3. The normalized spacial score (nSPS) is 11.9. The Balaban J connectivity index is 2.19. The molecule has 0 saturated carbocycles. The molecular weight excluding hydrogens is 292 g/mol. The number of aliphatic carboxylic acids is 1. The number of nitrogens with two attached hydrogens (primary N) is 1. The first kappa shape index (κ1) is 15.5. The fourth-order valence-corrected chi connectivity index (χ4v) is 1.79. The van der Waals surface area contributed by atoms with Crippen molar-refractivity contribution in [1.82, 2.24) is 5.16 Å². The van der Waals surface area contributed by atoms with Crippen molar-refractivity contribution in [3.8, 4) is 5.88 Å². The minimum absolute atomic E-state index is 0.0262. The van der Waals surface area contributed by atoms with Crippen LogP contribution in [0.15, 0.2) is 34.9 Å². The Kier molecular flexibility index (Phi) is 4.74. The predicted octanol–water partition coefficient (Wildman–Crippen LogP) is 0.906. The Morgan fingerprint density at radius 2 is 1.95 bits per heavy atom. The van der Waals surface area contributed by atoms with E-state index in [1.807, 2.05) is 30.3 Å². The third-order valence-electron chi connectivity index (χ3n) is 2.91. The summed E-state index contributed by atoms with van der Waals surface area (Å²) in [5, 5.41) is 21.4. The molecule has 0 aliphatic carbocycles. The van der Waals surface area contributed by atoms with Crippen molar-refractivity contribution in [3.63, 3.8) is 0 Å². The summed E-state index contributed by atoms with van der Waals surface area (Å²) in [4.78, 5) is 21.9. The maximum atomic E-state index is 11.1. The van der Waals surface area contributed by atoms with Gasteiger partial charge in [0.2, 0.25) is 0 Å². The van der Waals surface area contributed by atoms with Gasteiger partial charge in [0.1, 0.15) is 12.6 Å². The average Bonchev–Trinajstić information content (AvgIpc) is 2.89. The predicted molar refractivity (Wildman–Crippen MR) is 73.6 cm³/mol. The number of carbonyl (C=O) groups is 2. The van der Waals surface area contributed by atoms with Gasteiger partial charge >= 0.3 is 11.9 Å². The summed E-state index contributed by atoms with van der Waals surface area (Å²) < 4.78 is 10.1. The number of hydrogen-bond acceptors (Lipinski definition) is 6. The van der Waals surface area contributed by atoms with Gasteiger partial charge in [-0.15, -0.1) is 0 Å². The Hall–Kier alpha value is -2.87. The van der Waals surface area contributed by atoms with E-state index in [-0.39, 0.29) is 24.5 Å². The molecule has 1 heterocycles. The Morgan fingerprint density at radius 3 is 2.55 bits per heavy atom. The largest absolute Gasteiger partial charge is 0.480 e. The molecule has 8 nitrogen and oxygen atoms in total. The fourth-order valence-electron chi connectivity index (χ4n) is 1.79. The highest BCUT2D eigenvalue weighted by molar-refractivity contribution is 5.87. The smallest absolute Gasteiger partial charge is 0.375 e. The van der Waals surface area contributed by atoms with Gasteiger partial charge < -0.3 is 25.2 Å². The molecule has 1 unspecified atom stereocenters. The van der Waals surface area contributed by atoms with Crippen LogP contribution in [0.5, 0.6) is 5.88 Å². The minimum Gasteiger partial charge on any atom is -0.480 e. The van der Waals surface area contributed by atoms with Crippen molar-refractivity contribution in [3.05, 3.63) is 47.2 Å². The van der Waals surface area contributed by atoms with Crippen molar-refractivity contribution >= 4 is 11.9 Å². The van der Waals surface area contributed by atoms with Crippen LogP contribution in [0.25, 0.3) is 0 Å². The number of carboxylic acid groups (broad SMARTS) is 2. The number of rotatable bonds is 7. The van der Waals surface area contributed by atoms with Crippen LogP contribution in [0.2, 0.25) is 0 Å². The molecule has 0 saturated heterocycles. The third-order valence-corrected chi connectivity index (χ3v) is 2.91. The van der Waals surface area contributed by atoms with Gasteiger partial charge in [0.25, 0.3) is 11.6 Å². The zero-order valence-corrected chi connectivity index (χ0v) is 11.4. The molecule has 1 aromatic carbocycles. The number of aromatic nitrogens is 1. The summed E-state index contributed by atoms with van der Waals surface area (Å²) in [6.45, 7) is 0.141. The molecule has 0 aliphatic rings. The molecular formula is C14H14N2O6. The number of benzene rings is 1. The van der Waals surface area contributed by atoms with Crippen LogP contribution in [-0.4, -0.2) is 33.4 Å². The molecule has 1 atom stereocenters. The van der Waals surface area contributed by atoms with Crippen LogP contribution in [0.4, 0.5) is 0 Å². The highest BCUT2D eigenvalue weighted by Gasteiger charge is 2.26. The monoisotopic (exact) mass is 306 g/mol. The molecule has 0 spiro atoms. The molecule has 0 bridgehead atoms. The van der Waals surface area contributed by atoms with Crippen molar-refractivity contribution < 1.29 is 29.1 Å². The molecule has 1 aromatic heterocycles. The Labute approximate surface area is 125 Å². The second-order valence-electron chi connectivity index (χ2n) is 4.52. The number of nitrogens with zero attached hydrogens (tertiary/aromatic N) is 1. The first-order valence-electron chi connectivity index (χ1n) is 6.36. The quantitative estimate of drug-likeness (QED) is 0.686. The van der Waals surface area contributed by atoms with Crippen LogP contribution in [-0.2, 0) is 17.8 Å². The lowest BCUT2D eigenvalue weighted by molar-refractivity contribution is -0.138. The highest BCUT2D eigenvalue weighted by Crippen LogP contribution is 2.24. The van der Waals surface area contributed by atoms with Crippen molar-refractivity contribution in [1.29, 1.82) is 0 Å². The maximum Gasteiger partial charge on any atom is 0.375 e. The van der Waals surface area contributed by atoms with E-state index >= 15 is 0 Å². The van der Waals surface area contributed by atoms with E-state index in [9.17, 15) is 9.59 Å². The lowest BCUT2D eigenvalue weighted by Crippen LogP contribution is -2.32. The molecule has 22 heavy (non-hydrogen) atoms. The first-order chi connectivity index (χ1) is 10.5. The van der Waals surface area contributed by atoms with E-state index in [0.717, 1.165) is 5.56 Å². The second kappa shape index (κ2) is 6.72. The van der Waals surface area contributed by atoms with Gasteiger partial charge in [-0.05, 0) is 10.7 Å². The van der Waals surface area contributed by atoms with Gasteiger partial charge in [-0.25, -0.2) is 4.79 Å². The summed E-state index contributed by atoms with van der Waals surface area (Å²) in [7, 11) is 0. The highest BCUT2D eigenvalue weighted by atomic mass is 16.5. The van der Waals surface area contributed by atoms with Crippen LogP contribution < -0.4 is 10.5 Å². The van der Waals surface area contributed by atoms with Crippen molar-refractivity contribution in [2.75, 3.05) is 0 Å². The van der Waals surface area contributed by atoms with Gasteiger partial charge in [-0.3, -0.25) is 4.79 Å². The zero-order valence-electron chi connectivity index (χ0n) is 11.4. The van der Waals surface area contributed by atoms with Gasteiger partial charge in [-0.1, -0.05) is 30.3 Å². The molecule has 0 amide bonds. The van der Waals surface area contributed by atoms with E-state index in [1.54, 1.807) is 0 Å². The molecule has 4 N–H and O–H groups in total. The Morgan fingerprint density at radius 1 is 1.27 bits per heavy atom. The molecule has 8 heteroatoms. The Bertz CT molecular complexity index is 667. The van der Waals surface area contributed by atoms with E-state index in [4.69, 9.17) is 25.2 Å². The molecule has 0 radical (unpaired) electrons. The van der Waals surface area contributed by atoms with Gasteiger partial charge in [-0.2, -0.15) is 0 Å². The van der Waals surface area contributed by atoms with Crippen molar-refractivity contribution in [2.24, 2.45) is 5.73 Å². The van der Waals surface area contributed by atoms with Crippen LogP contribution in [0.1, 0.15) is 21.7 Å². The summed E-state index contributed by atoms with van der Waals surface area (Å²) in [5.41, 5.74) is 6.31. The molecule has 0 aliphatic heterocycles. The van der Waals surface area contributed by atoms with Gasteiger partial charge in [0, 0.05) is 6.42 Å². The second-order valence-corrected chi connectivity index (χ2v) is 4.52. The molecule has 2 aromatic rings. The van der Waals surface area contributed by atoms with E-state index in [0.29, 0.717) is 0 Å². The summed E-state index contributed by atoms with van der Waals surface area (Å²) >= 11 is 0.